The Morgan fingerprint density at radius 1 is 1.15 bits per heavy atom. The summed E-state index contributed by atoms with van der Waals surface area (Å²) in [5, 5.41) is 11.0. The van der Waals surface area contributed by atoms with Crippen molar-refractivity contribution in [3.63, 3.8) is 0 Å². The Hall–Kier alpha value is -1.67. The van der Waals surface area contributed by atoms with Gasteiger partial charge in [0, 0.05) is 6.42 Å². The zero-order valence-electron chi connectivity index (χ0n) is 11.9. The summed E-state index contributed by atoms with van der Waals surface area (Å²) in [6.45, 7) is 3.94. The Balaban J connectivity index is 1.97. The molecule has 0 saturated heterocycles. The molecule has 0 heterocycles. The predicted molar refractivity (Wildman–Crippen MR) is 78.2 cm³/mol. The van der Waals surface area contributed by atoms with Gasteiger partial charge in [-0.3, -0.25) is 0 Å². The predicted octanol–water partition coefficient (Wildman–Crippen LogP) is 3.82. The van der Waals surface area contributed by atoms with E-state index in [1.54, 1.807) is 6.07 Å². The molecule has 0 saturated carbocycles. The van der Waals surface area contributed by atoms with Crippen molar-refractivity contribution in [2.45, 2.75) is 38.7 Å². The highest BCUT2D eigenvalue weighted by molar-refractivity contribution is 5.42. The molecule has 0 aliphatic heterocycles. The van der Waals surface area contributed by atoms with E-state index in [4.69, 9.17) is 0 Å². The largest absolute Gasteiger partial charge is 0.385 e. The van der Waals surface area contributed by atoms with Gasteiger partial charge in [-0.2, -0.15) is 0 Å². The standard InChI is InChI=1S/C18H19FO/c1-12-3-4-14-7-8-18(20,17(14)9-12)11-15-5-6-16(19)10-13(15)2/h3-6,9-10,20H,7-8,11H2,1-2H3. The van der Waals surface area contributed by atoms with Gasteiger partial charge >= 0.3 is 0 Å². The summed E-state index contributed by atoms with van der Waals surface area (Å²) in [4.78, 5) is 0. The quantitative estimate of drug-likeness (QED) is 0.879. The van der Waals surface area contributed by atoms with Crippen LogP contribution in [0, 0.1) is 19.7 Å². The highest BCUT2D eigenvalue weighted by Gasteiger charge is 2.36. The highest BCUT2D eigenvalue weighted by atomic mass is 19.1. The van der Waals surface area contributed by atoms with E-state index in [0.29, 0.717) is 6.42 Å². The smallest absolute Gasteiger partial charge is 0.123 e. The van der Waals surface area contributed by atoms with Crippen molar-refractivity contribution in [2.24, 2.45) is 0 Å². The number of benzene rings is 2. The van der Waals surface area contributed by atoms with Crippen LogP contribution in [-0.2, 0) is 18.4 Å². The van der Waals surface area contributed by atoms with Crippen LogP contribution in [0.4, 0.5) is 4.39 Å². The molecule has 1 atom stereocenters. The molecular weight excluding hydrogens is 251 g/mol. The fraction of sp³-hybridized carbons (Fsp3) is 0.333. The van der Waals surface area contributed by atoms with Gasteiger partial charge in [-0.25, -0.2) is 4.39 Å². The minimum atomic E-state index is -0.816. The van der Waals surface area contributed by atoms with Crippen molar-refractivity contribution in [2.75, 3.05) is 0 Å². The average molecular weight is 270 g/mol. The number of hydrogen-bond donors (Lipinski definition) is 1. The number of rotatable bonds is 2. The first-order valence-corrected chi connectivity index (χ1v) is 7.05. The SMILES string of the molecule is Cc1ccc2c(c1)C(O)(Cc1ccc(F)cc1C)CC2. The zero-order valence-corrected chi connectivity index (χ0v) is 11.9. The van der Waals surface area contributed by atoms with Crippen LogP contribution in [0.5, 0.6) is 0 Å². The summed E-state index contributed by atoms with van der Waals surface area (Å²) < 4.78 is 13.2. The van der Waals surface area contributed by atoms with E-state index in [1.807, 2.05) is 13.8 Å². The molecule has 0 amide bonds. The number of aryl methyl sites for hydroxylation is 3. The van der Waals surface area contributed by atoms with Gasteiger partial charge in [-0.05, 0) is 61.1 Å². The maximum absolute atomic E-state index is 13.2. The molecule has 1 nitrogen and oxygen atoms in total. The van der Waals surface area contributed by atoms with E-state index in [-0.39, 0.29) is 5.82 Å². The van der Waals surface area contributed by atoms with E-state index >= 15 is 0 Å². The van der Waals surface area contributed by atoms with E-state index in [1.165, 1.54) is 23.3 Å². The first-order valence-electron chi connectivity index (χ1n) is 7.05. The van der Waals surface area contributed by atoms with E-state index < -0.39 is 5.60 Å². The molecule has 2 heteroatoms. The second kappa shape index (κ2) is 4.71. The third kappa shape index (κ3) is 2.25. The van der Waals surface area contributed by atoms with Gasteiger partial charge in [0.15, 0.2) is 0 Å². The molecule has 0 bridgehead atoms. The van der Waals surface area contributed by atoms with Crippen LogP contribution in [0.25, 0.3) is 0 Å². The van der Waals surface area contributed by atoms with Crippen LogP contribution in [0.3, 0.4) is 0 Å². The van der Waals surface area contributed by atoms with Gasteiger partial charge in [0.1, 0.15) is 5.82 Å². The second-order valence-corrected chi connectivity index (χ2v) is 5.94. The first kappa shape index (κ1) is 13.3. The fourth-order valence-electron chi connectivity index (χ4n) is 3.17. The third-order valence-corrected chi connectivity index (χ3v) is 4.36. The second-order valence-electron chi connectivity index (χ2n) is 5.94. The molecule has 0 radical (unpaired) electrons. The zero-order chi connectivity index (χ0) is 14.3. The van der Waals surface area contributed by atoms with Crippen molar-refractivity contribution in [3.05, 3.63) is 70.0 Å². The van der Waals surface area contributed by atoms with Gasteiger partial charge in [0.05, 0.1) is 5.60 Å². The number of fused-ring (bicyclic) bond motifs is 1. The molecule has 1 aliphatic rings. The average Bonchev–Trinajstić information content (AvgIpc) is 2.71. The Labute approximate surface area is 119 Å². The monoisotopic (exact) mass is 270 g/mol. The number of aliphatic hydroxyl groups is 1. The Bertz CT molecular complexity index is 662. The van der Waals surface area contributed by atoms with Crippen LogP contribution in [0.15, 0.2) is 36.4 Å². The maximum atomic E-state index is 13.2. The van der Waals surface area contributed by atoms with Gasteiger partial charge in [-0.1, -0.05) is 29.8 Å². The van der Waals surface area contributed by atoms with Gasteiger partial charge in [0.2, 0.25) is 0 Å². The minimum absolute atomic E-state index is 0.221. The highest BCUT2D eigenvalue weighted by Crippen LogP contribution is 2.40. The maximum Gasteiger partial charge on any atom is 0.123 e. The molecule has 0 fully saturated rings. The lowest BCUT2D eigenvalue weighted by molar-refractivity contribution is 0.0387. The Morgan fingerprint density at radius 3 is 2.70 bits per heavy atom. The lowest BCUT2D eigenvalue weighted by atomic mass is 9.86. The molecule has 1 N–H and O–H groups in total. The summed E-state index contributed by atoms with van der Waals surface area (Å²) in [6.07, 6.45) is 2.20. The van der Waals surface area contributed by atoms with Crippen LogP contribution in [0.2, 0.25) is 0 Å². The van der Waals surface area contributed by atoms with Crippen molar-refractivity contribution in [3.8, 4) is 0 Å². The van der Waals surface area contributed by atoms with Crippen molar-refractivity contribution in [1.29, 1.82) is 0 Å². The number of hydrogen-bond acceptors (Lipinski definition) is 1. The molecule has 0 aromatic heterocycles. The van der Waals surface area contributed by atoms with Crippen LogP contribution in [-0.4, -0.2) is 5.11 Å². The molecule has 20 heavy (non-hydrogen) atoms. The molecule has 2 aromatic rings. The van der Waals surface area contributed by atoms with E-state index in [9.17, 15) is 9.50 Å². The lowest BCUT2D eigenvalue weighted by Gasteiger charge is -2.25. The molecule has 0 spiro atoms. The summed E-state index contributed by atoms with van der Waals surface area (Å²) in [5.74, 6) is -0.221. The normalized spacial score (nSPS) is 21.0. The Kier molecular flexibility index (Phi) is 3.14. The van der Waals surface area contributed by atoms with Gasteiger partial charge in [0.25, 0.3) is 0 Å². The van der Waals surface area contributed by atoms with Crippen LogP contribution in [0.1, 0.15) is 34.2 Å². The molecule has 104 valence electrons. The molecule has 1 aliphatic carbocycles. The van der Waals surface area contributed by atoms with Gasteiger partial charge in [-0.15, -0.1) is 0 Å². The number of halogens is 1. The van der Waals surface area contributed by atoms with E-state index in [0.717, 1.165) is 29.5 Å². The summed E-state index contributed by atoms with van der Waals surface area (Å²) in [7, 11) is 0. The summed E-state index contributed by atoms with van der Waals surface area (Å²) >= 11 is 0. The summed E-state index contributed by atoms with van der Waals surface area (Å²) in [6, 6.07) is 11.1. The Morgan fingerprint density at radius 2 is 1.95 bits per heavy atom. The first-order chi connectivity index (χ1) is 9.48. The molecular formula is C18H19FO. The summed E-state index contributed by atoms with van der Waals surface area (Å²) in [5.41, 5.74) is 4.55. The lowest BCUT2D eigenvalue weighted by Crippen LogP contribution is -2.26. The molecule has 3 rings (SSSR count). The fourth-order valence-corrected chi connectivity index (χ4v) is 3.17. The minimum Gasteiger partial charge on any atom is -0.385 e. The van der Waals surface area contributed by atoms with Crippen LogP contribution >= 0.6 is 0 Å². The molecule has 2 aromatic carbocycles. The van der Waals surface area contributed by atoms with Crippen molar-refractivity contribution < 1.29 is 9.50 Å². The van der Waals surface area contributed by atoms with Crippen LogP contribution < -0.4 is 0 Å². The van der Waals surface area contributed by atoms with Crippen molar-refractivity contribution in [1.82, 2.24) is 0 Å². The van der Waals surface area contributed by atoms with E-state index in [2.05, 4.69) is 18.2 Å². The van der Waals surface area contributed by atoms with Crippen molar-refractivity contribution >= 4 is 0 Å². The third-order valence-electron chi connectivity index (χ3n) is 4.36. The molecule has 1 unspecified atom stereocenters. The topological polar surface area (TPSA) is 20.2 Å². The van der Waals surface area contributed by atoms with Gasteiger partial charge < -0.3 is 5.11 Å².